The predicted molar refractivity (Wildman–Crippen MR) is 279 cm³/mol. The average molecular weight is 843 g/mol. The fraction of sp³-hybridized carbons (Fsp3) is 0.0820. The molecule has 0 spiro atoms. The molecule has 0 aromatic heterocycles. The van der Waals surface area contributed by atoms with Crippen LogP contribution in [0.5, 0.6) is 0 Å². The molecule has 1 aliphatic rings. The van der Waals surface area contributed by atoms with Gasteiger partial charge in [0.25, 0.3) is 0 Å². The van der Waals surface area contributed by atoms with Crippen LogP contribution >= 0.6 is 0 Å². The minimum Gasteiger partial charge on any atom is -0.0680 e. The van der Waals surface area contributed by atoms with Crippen LogP contribution in [0.2, 0.25) is 25.2 Å². The lowest BCUT2D eigenvalue weighted by atomic mass is 9.85. The fourth-order valence-electron chi connectivity index (χ4n) is 10.1. The zero-order valence-corrected chi connectivity index (χ0v) is 38.7. The summed E-state index contributed by atoms with van der Waals surface area (Å²) in [6.07, 6.45) is 0. The third-order valence-electron chi connectivity index (χ3n) is 13.0. The molecule has 8 aromatic rings. The van der Waals surface area contributed by atoms with Crippen molar-refractivity contribution in [3.05, 3.63) is 287 Å². The summed E-state index contributed by atoms with van der Waals surface area (Å²) in [5.41, 5.74) is 17.1. The van der Waals surface area contributed by atoms with E-state index in [0.29, 0.717) is 0 Å². The van der Waals surface area contributed by atoms with E-state index in [9.17, 15) is 0 Å². The van der Waals surface area contributed by atoms with Crippen LogP contribution in [-0.4, -0.2) is 16.9 Å². The van der Waals surface area contributed by atoms with Gasteiger partial charge in [-0.2, -0.15) is 0 Å². The van der Waals surface area contributed by atoms with Crippen molar-refractivity contribution >= 4 is 60.3 Å². The van der Waals surface area contributed by atoms with Crippen molar-refractivity contribution in [1.29, 1.82) is 0 Å². The maximum absolute atomic E-state index is 2.69. The summed E-state index contributed by atoms with van der Waals surface area (Å²) in [7, 11) is -4.33. The number of benzene rings is 8. The summed E-state index contributed by atoms with van der Waals surface area (Å²) in [6.45, 7) is 7.65. The first kappa shape index (κ1) is 41.5. The lowest BCUT2D eigenvalue weighted by molar-refractivity contribution is 1.35. The van der Waals surface area contributed by atoms with Gasteiger partial charge in [-0.1, -0.05) is 268 Å². The molecule has 1 unspecified atom stereocenters. The van der Waals surface area contributed by atoms with Crippen molar-refractivity contribution in [3.8, 4) is 0 Å². The van der Waals surface area contributed by atoms with Gasteiger partial charge < -0.3 is 0 Å². The first-order chi connectivity index (χ1) is 31.0. The molecular weight excluding hydrogens is 789 g/mol. The molecule has 8 aromatic carbocycles. The Labute approximate surface area is 377 Å². The maximum Gasteiger partial charge on any atom is 0.118 e. The summed E-state index contributed by atoms with van der Waals surface area (Å²) in [5.74, 6) is 0. The van der Waals surface area contributed by atoms with Gasteiger partial charge in [-0.15, -0.1) is 0 Å². The lowest BCUT2D eigenvalue weighted by Gasteiger charge is -2.33. The Bertz CT molecular complexity index is 2800. The van der Waals surface area contributed by atoms with Crippen molar-refractivity contribution in [1.82, 2.24) is 0 Å². The predicted octanol–water partition coefficient (Wildman–Crippen LogP) is 16.0. The first-order valence-corrected chi connectivity index (χ1v) is 27.7. The average Bonchev–Trinajstić information content (AvgIpc) is 3.64. The Morgan fingerprint density at radius 1 is 0.365 bits per heavy atom. The van der Waals surface area contributed by atoms with Crippen LogP contribution in [-0.2, 0) is 0 Å². The van der Waals surface area contributed by atoms with Gasteiger partial charge in [-0.05, 0) is 94.9 Å². The van der Waals surface area contributed by atoms with E-state index in [1.165, 1.54) is 77.6 Å². The van der Waals surface area contributed by atoms with Gasteiger partial charge in [0.1, 0.15) is 8.07 Å². The number of hydrogen-bond acceptors (Lipinski definition) is 0. The van der Waals surface area contributed by atoms with E-state index in [2.05, 4.69) is 263 Å². The van der Waals surface area contributed by atoms with Crippen molar-refractivity contribution in [2.45, 2.75) is 32.1 Å². The van der Waals surface area contributed by atoms with Gasteiger partial charge in [0.05, 0.1) is 8.80 Å². The Morgan fingerprint density at radius 3 is 1.05 bits per heavy atom. The minimum atomic E-state index is -2.55. The van der Waals surface area contributed by atoms with Gasteiger partial charge in [-0.25, -0.2) is 0 Å². The first-order valence-electron chi connectivity index (χ1n) is 22.4. The van der Waals surface area contributed by atoms with Gasteiger partial charge >= 0.3 is 0 Å². The molecule has 0 saturated heterocycles. The van der Waals surface area contributed by atoms with Crippen LogP contribution in [0.1, 0.15) is 51.4 Å². The highest BCUT2D eigenvalue weighted by Gasteiger charge is 2.47. The molecule has 0 saturated carbocycles. The molecule has 0 bridgehead atoms. The summed E-state index contributed by atoms with van der Waals surface area (Å²) in [4.78, 5) is 0. The summed E-state index contributed by atoms with van der Waals surface area (Å²) in [6, 6.07) is 92.1. The smallest absolute Gasteiger partial charge is 0.0680 e. The molecule has 306 valence electrons. The van der Waals surface area contributed by atoms with Crippen molar-refractivity contribution < 1.29 is 0 Å². The topological polar surface area (TPSA) is 0 Å². The summed E-state index contributed by atoms with van der Waals surface area (Å²) < 4.78 is 0. The highest BCUT2D eigenvalue weighted by atomic mass is 28.3. The standard InChI is InChI=1S/C61H54Si2/c1-46(47-28-12-4-13-29-47)55(48-30-14-5-15-31-48)56(49-32-16-6-17-33-49)59(52-38-22-9-23-39-52)62(2)44-45-63(3)60(53-40-24-10-25-41-53)57(50-34-18-7-19-35-50)58(51-36-20-8-21-37-51)61(63)54-42-26-11-27-43-54/h4-43,62H,44-45H2,1-3H3/b55-46+,59-56-. The molecule has 1 aliphatic heterocycles. The Balaban J connectivity index is 1.31. The zero-order valence-electron chi connectivity index (χ0n) is 36.6. The van der Waals surface area contributed by atoms with Crippen LogP contribution in [0.3, 0.4) is 0 Å². The third-order valence-corrected chi connectivity index (χ3v) is 20.9. The Kier molecular flexibility index (Phi) is 12.5. The number of hydrogen-bond donors (Lipinski definition) is 0. The fourth-order valence-corrected chi connectivity index (χ4v) is 20.0. The molecule has 63 heavy (non-hydrogen) atoms. The molecule has 0 aliphatic carbocycles. The van der Waals surface area contributed by atoms with E-state index in [4.69, 9.17) is 0 Å². The van der Waals surface area contributed by atoms with E-state index >= 15 is 0 Å². The monoisotopic (exact) mass is 842 g/mol. The Morgan fingerprint density at radius 2 is 0.667 bits per heavy atom. The minimum absolute atomic E-state index is 1.13. The van der Waals surface area contributed by atoms with E-state index < -0.39 is 16.9 Å². The third kappa shape index (κ3) is 8.53. The van der Waals surface area contributed by atoms with Crippen molar-refractivity contribution in [2.75, 3.05) is 0 Å². The molecule has 0 fully saturated rings. The molecule has 1 heterocycles. The molecule has 1 atom stereocenters. The second-order valence-corrected chi connectivity index (χ2v) is 24.1. The van der Waals surface area contributed by atoms with E-state index in [0.717, 1.165) is 12.1 Å². The molecule has 0 N–H and O–H groups in total. The summed E-state index contributed by atoms with van der Waals surface area (Å²) >= 11 is 0. The normalized spacial score (nSPS) is 14.8. The molecule has 9 rings (SSSR count). The van der Waals surface area contributed by atoms with Crippen LogP contribution in [0.15, 0.2) is 243 Å². The van der Waals surface area contributed by atoms with Crippen molar-refractivity contribution in [2.24, 2.45) is 0 Å². The van der Waals surface area contributed by atoms with Crippen LogP contribution < -0.4 is 0 Å². The van der Waals surface area contributed by atoms with Gasteiger partial charge in [0, 0.05) is 0 Å². The SMILES string of the molecule is C/C(=C(\C(=C(\c1ccccc1)[SiH](C)CC[Si]1(C)C(c2ccccc2)=C(c2ccccc2)C(c2ccccc2)=C1c1ccccc1)c1ccccc1)c1ccccc1)c1ccccc1. The molecule has 0 radical (unpaired) electrons. The number of rotatable bonds is 13. The molecule has 0 amide bonds. The van der Waals surface area contributed by atoms with Crippen LogP contribution in [0, 0.1) is 0 Å². The Hall–Kier alpha value is -6.85. The van der Waals surface area contributed by atoms with E-state index in [1.54, 1.807) is 10.4 Å². The molecule has 2 heteroatoms. The van der Waals surface area contributed by atoms with Crippen LogP contribution in [0.25, 0.3) is 43.5 Å². The molecule has 0 nitrogen and oxygen atoms in total. The van der Waals surface area contributed by atoms with Crippen molar-refractivity contribution in [3.63, 3.8) is 0 Å². The van der Waals surface area contributed by atoms with Gasteiger partial charge in [-0.3, -0.25) is 0 Å². The van der Waals surface area contributed by atoms with Gasteiger partial charge in [0.2, 0.25) is 0 Å². The zero-order chi connectivity index (χ0) is 43.0. The summed E-state index contributed by atoms with van der Waals surface area (Å²) in [5, 5.41) is 4.62. The number of allylic oxidation sites excluding steroid dienone is 5. The van der Waals surface area contributed by atoms with E-state index in [-0.39, 0.29) is 0 Å². The quantitative estimate of drug-likeness (QED) is 0.0616. The highest BCUT2D eigenvalue weighted by Crippen LogP contribution is 2.57. The van der Waals surface area contributed by atoms with Crippen LogP contribution in [0.4, 0.5) is 0 Å². The largest absolute Gasteiger partial charge is 0.118 e. The highest BCUT2D eigenvalue weighted by molar-refractivity contribution is 7.14. The lowest BCUT2D eigenvalue weighted by Crippen LogP contribution is -2.34. The second-order valence-electron chi connectivity index (χ2n) is 17.0. The molecular formula is C61H54Si2. The van der Waals surface area contributed by atoms with Gasteiger partial charge in [0.15, 0.2) is 0 Å². The second kappa shape index (κ2) is 19.0. The van der Waals surface area contributed by atoms with E-state index in [1.807, 2.05) is 0 Å². The maximum atomic E-state index is 2.69.